The van der Waals surface area contributed by atoms with Crippen LogP contribution in [0.25, 0.3) is 21.5 Å². The van der Waals surface area contributed by atoms with Gasteiger partial charge in [0.2, 0.25) is 5.91 Å². The quantitative estimate of drug-likeness (QED) is 0.727. The molecule has 7 nitrogen and oxygen atoms in total. The molecule has 2 amide bonds. The van der Waals surface area contributed by atoms with Crippen molar-refractivity contribution in [2.24, 2.45) is 0 Å². The summed E-state index contributed by atoms with van der Waals surface area (Å²) in [6.45, 7) is 0.457. The molecule has 8 heteroatoms. The Morgan fingerprint density at radius 2 is 2.30 bits per heavy atom. The molecule has 0 spiro atoms. The summed E-state index contributed by atoms with van der Waals surface area (Å²) in [5.74, 6) is -0.558. The minimum absolute atomic E-state index is 0.112. The summed E-state index contributed by atoms with van der Waals surface area (Å²) in [4.78, 5) is 34.0. The number of carbonyl (C=O) groups excluding carboxylic acids is 2. The number of aromatic amines is 1. The van der Waals surface area contributed by atoms with E-state index in [2.05, 4.69) is 21.4 Å². The number of hydrogen-bond acceptors (Lipinski definition) is 5. The minimum atomic E-state index is -0.382. The zero-order chi connectivity index (χ0) is 18.8. The molecule has 4 rings (SSSR count). The first kappa shape index (κ1) is 17.2. The maximum Gasteiger partial charge on any atom is 0.263 e. The SMILES string of the molecule is N#C[C@@H]1CCCN1C(=O)CNC(=O)c1cnc(-c2ccc3[nH]ccc3c2)s1. The maximum absolute atomic E-state index is 12.3. The number of fused-ring (bicyclic) bond motifs is 1. The van der Waals surface area contributed by atoms with Gasteiger partial charge in [0.05, 0.1) is 18.8 Å². The highest BCUT2D eigenvalue weighted by Gasteiger charge is 2.28. The summed E-state index contributed by atoms with van der Waals surface area (Å²) in [6.07, 6.45) is 4.92. The van der Waals surface area contributed by atoms with Crippen LogP contribution in [0.1, 0.15) is 22.5 Å². The van der Waals surface area contributed by atoms with E-state index < -0.39 is 0 Å². The van der Waals surface area contributed by atoms with E-state index in [4.69, 9.17) is 5.26 Å². The summed E-state index contributed by atoms with van der Waals surface area (Å²) in [6, 6.07) is 9.69. The van der Waals surface area contributed by atoms with E-state index in [1.165, 1.54) is 22.4 Å². The third kappa shape index (κ3) is 3.41. The van der Waals surface area contributed by atoms with Crippen molar-refractivity contribution < 1.29 is 9.59 Å². The number of amides is 2. The van der Waals surface area contributed by atoms with Crippen LogP contribution in [0, 0.1) is 11.3 Å². The molecule has 3 aromatic rings. The molecule has 2 N–H and O–H groups in total. The molecule has 2 aromatic heterocycles. The number of likely N-dealkylation sites (tertiary alicyclic amines) is 1. The molecule has 1 fully saturated rings. The lowest BCUT2D eigenvalue weighted by Crippen LogP contribution is -2.42. The van der Waals surface area contributed by atoms with E-state index in [-0.39, 0.29) is 24.4 Å². The molecule has 0 bridgehead atoms. The van der Waals surface area contributed by atoms with E-state index in [1.54, 1.807) is 0 Å². The summed E-state index contributed by atoms with van der Waals surface area (Å²) in [5, 5.41) is 13.5. The van der Waals surface area contributed by atoms with Gasteiger partial charge in [0.15, 0.2) is 0 Å². The van der Waals surface area contributed by atoms with Crippen LogP contribution in [-0.4, -0.2) is 45.8 Å². The molecule has 1 aliphatic heterocycles. The van der Waals surface area contributed by atoms with E-state index >= 15 is 0 Å². The molecule has 1 aliphatic rings. The van der Waals surface area contributed by atoms with Gasteiger partial charge in [0.25, 0.3) is 5.91 Å². The normalized spacial score (nSPS) is 16.4. The first-order valence-corrected chi connectivity index (χ1v) is 9.48. The largest absolute Gasteiger partial charge is 0.361 e. The van der Waals surface area contributed by atoms with Crippen LogP contribution in [0.15, 0.2) is 36.7 Å². The predicted octanol–water partition coefficient (Wildman–Crippen LogP) is 2.54. The van der Waals surface area contributed by atoms with Crippen LogP contribution < -0.4 is 5.32 Å². The van der Waals surface area contributed by atoms with Crippen molar-refractivity contribution in [1.82, 2.24) is 20.2 Å². The Morgan fingerprint density at radius 3 is 3.15 bits per heavy atom. The van der Waals surface area contributed by atoms with Gasteiger partial charge in [0, 0.05) is 29.2 Å². The van der Waals surface area contributed by atoms with Crippen molar-refractivity contribution in [3.63, 3.8) is 0 Å². The molecule has 3 heterocycles. The van der Waals surface area contributed by atoms with Gasteiger partial charge in [-0.3, -0.25) is 9.59 Å². The average molecular weight is 379 g/mol. The number of benzene rings is 1. The van der Waals surface area contributed by atoms with Crippen molar-refractivity contribution >= 4 is 34.1 Å². The van der Waals surface area contributed by atoms with E-state index in [9.17, 15) is 9.59 Å². The van der Waals surface area contributed by atoms with E-state index in [0.717, 1.165) is 27.9 Å². The van der Waals surface area contributed by atoms with Crippen LogP contribution in [0.4, 0.5) is 0 Å². The van der Waals surface area contributed by atoms with Crippen LogP contribution in [0.5, 0.6) is 0 Å². The second kappa shape index (κ2) is 7.21. The smallest absolute Gasteiger partial charge is 0.263 e. The highest BCUT2D eigenvalue weighted by atomic mass is 32.1. The Labute approximate surface area is 159 Å². The fourth-order valence-corrected chi connectivity index (χ4v) is 4.07. The number of nitriles is 1. The van der Waals surface area contributed by atoms with Crippen molar-refractivity contribution in [2.75, 3.05) is 13.1 Å². The van der Waals surface area contributed by atoms with E-state index in [0.29, 0.717) is 17.8 Å². The Kier molecular flexibility index (Phi) is 4.60. The fourth-order valence-electron chi connectivity index (χ4n) is 3.24. The molecule has 0 radical (unpaired) electrons. The van der Waals surface area contributed by atoms with Gasteiger partial charge in [-0.05, 0) is 37.1 Å². The highest BCUT2D eigenvalue weighted by Crippen LogP contribution is 2.28. The number of thiazole rings is 1. The third-order valence-electron chi connectivity index (χ3n) is 4.65. The van der Waals surface area contributed by atoms with Crippen molar-refractivity contribution in [3.05, 3.63) is 41.5 Å². The second-order valence-corrected chi connectivity index (χ2v) is 7.40. The van der Waals surface area contributed by atoms with Crippen molar-refractivity contribution in [1.29, 1.82) is 5.26 Å². The summed E-state index contributed by atoms with van der Waals surface area (Å²) in [5.41, 5.74) is 1.99. The van der Waals surface area contributed by atoms with Gasteiger partial charge in [0.1, 0.15) is 15.9 Å². The van der Waals surface area contributed by atoms with Crippen LogP contribution in [0.2, 0.25) is 0 Å². The monoisotopic (exact) mass is 379 g/mol. The lowest BCUT2D eigenvalue weighted by Gasteiger charge is -2.19. The molecular weight excluding hydrogens is 362 g/mol. The molecule has 1 atom stereocenters. The minimum Gasteiger partial charge on any atom is -0.361 e. The van der Waals surface area contributed by atoms with E-state index in [1.807, 2.05) is 30.5 Å². The lowest BCUT2D eigenvalue weighted by molar-refractivity contribution is -0.130. The topological polar surface area (TPSA) is 102 Å². The number of carbonyl (C=O) groups is 2. The number of nitrogens with one attached hydrogen (secondary N) is 2. The molecule has 0 unspecified atom stereocenters. The number of hydrogen-bond donors (Lipinski definition) is 2. The number of rotatable bonds is 4. The molecule has 1 aromatic carbocycles. The Hall–Kier alpha value is -3.18. The zero-order valence-electron chi connectivity index (χ0n) is 14.4. The summed E-state index contributed by atoms with van der Waals surface area (Å²) in [7, 11) is 0. The molecule has 1 saturated heterocycles. The Bertz CT molecular complexity index is 1050. The van der Waals surface area contributed by atoms with Gasteiger partial charge in [-0.2, -0.15) is 5.26 Å². The van der Waals surface area contributed by atoms with Gasteiger partial charge in [-0.25, -0.2) is 4.98 Å². The standard InChI is InChI=1S/C19H17N5O2S/c20-9-14-2-1-7-24(14)17(25)11-22-18(26)16-10-23-19(27-16)13-3-4-15-12(8-13)5-6-21-15/h3-6,8,10,14,21H,1-2,7,11H2,(H,22,26)/t14-/m0/s1. The lowest BCUT2D eigenvalue weighted by atomic mass is 10.2. The third-order valence-corrected chi connectivity index (χ3v) is 5.70. The second-order valence-electron chi connectivity index (χ2n) is 6.37. The number of aromatic nitrogens is 2. The van der Waals surface area contributed by atoms with Gasteiger partial charge >= 0.3 is 0 Å². The van der Waals surface area contributed by atoms with Crippen molar-refractivity contribution in [2.45, 2.75) is 18.9 Å². The van der Waals surface area contributed by atoms with Crippen LogP contribution in [0.3, 0.4) is 0 Å². The molecule has 136 valence electrons. The number of H-pyrrole nitrogens is 1. The van der Waals surface area contributed by atoms with Gasteiger partial charge in [-0.1, -0.05) is 0 Å². The molecule has 0 saturated carbocycles. The molecule has 27 heavy (non-hydrogen) atoms. The highest BCUT2D eigenvalue weighted by molar-refractivity contribution is 7.16. The molecule has 0 aliphatic carbocycles. The average Bonchev–Trinajstić information content (AvgIpc) is 3.44. The van der Waals surface area contributed by atoms with Crippen molar-refractivity contribution in [3.8, 4) is 16.6 Å². The van der Waals surface area contributed by atoms with Gasteiger partial charge < -0.3 is 15.2 Å². The molecular formula is C19H17N5O2S. The predicted molar refractivity (Wildman–Crippen MR) is 102 cm³/mol. The Balaban J connectivity index is 1.41. The van der Waals surface area contributed by atoms with Crippen LogP contribution >= 0.6 is 11.3 Å². The maximum atomic E-state index is 12.3. The van der Waals surface area contributed by atoms with Crippen LogP contribution in [-0.2, 0) is 4.79 Å². The fraction of sp³-hybridized carbons (Fsp3) is 0.263. The zero-order valence-corrected chi connectivity index (χ0v) is 15.3. The first-order chi connectivity index (χ1) is 13.2. The first-order valence-electron chi connectivity index (χ1n) is 8.66. The summed E-state index contributed by atoms with van der Waals surface area (Å²) >= 11 is 1.28. The Morgan fingerprint density at radius 1 is 1.41 bits per heavy atom. The van der Waals surface area contributed by atoms with Gasteiger partial charge in [-0.15, -0.1) is 11.3 Å². The summed E-state index contributed by atoms with van der Waals surface area (Å²) < 4.78 is 0. The number of nitrogens with zero attached hydrogens (tertiary/aromatic N) is 3.